The zero-order chi connectivity index (χ0) is 16.4. The molecule has 1 N–H and O–H groups in total. The van der Waals surface area contributed by atoms with Gasteiger partial charge in [-0.3, -0.25) is 14.6 Å². The number of amides is 1. The molecule has 1 aromatic rings. The van der Waals surface area contributed by atoms with Crippen LogP contribution in [0.15, 0.2) is 29.2 Å². The molecule has 0 saturated carbocycles. The first-order chi connectivity index (χ1) is 11.8. The van der Waals surface area contributed by atoms with Gasteiger partial charge in [0.05, 0.1) is 12.2 Å². The maximum Gasteiger partial charge on any atom is 0.241 e. The van der Waals surface area contributed by atoms with Crippen LogP contribution in [0.25, 0.3) is 0 Å². The lowest BCUT2D eigenvalue weighted by Gasteiger charge is -2.33. The topological polar surface area (TPSA) is 38.8 Å². The third kappa shape index (κ3) is 3.47. The SMILES string of the molecule is O=C(CN1CCC(N2CCNCC2)C1)N1CCSc2ccccc21. The number of para-hydroxylation sites is 1. The van der Waals surface area contributed by atoms with Gasteiger partial charge < -0.3 is 10.2 Å². The van der Waals surface area contributed by atoms with E-state index in [1.54, 1.807) is 0 Å². The van der Waals surface area contributed by atoms with Crippen LogP contribution in [0.3, 0.4) is 0 Å². The van der Waals surface area contributed by atoms with Gasteiger partial charge in [0.25, 0.3) is 0 Å². The molecule has 3 aliphatic heterocycles. The number of likely N-dealkylation sites (tertiary alicyclic amines) is 1. The summed E-state index contributed by atoms with van der Waals surface area (Å²) in [5, 5.41) is 3.42. The molecule has 0 radical (unpaired) electrons. The Hall–Kier alpha value is -1.08. The van der Waals surface area contributed by atoms with Gasteiger partial charge in [0.15, 0.2) is 0 Å². The molecule has 24 heavy (non-hydrogen) atoms. The summed E-state index contributed by atoms with van der Waals surface area (Å²) in [6.45, 7) is 7.94. The van der Waals surface area contributed by atoms with Crippen LogP contribution in [0, 0.1) is 0 Å². The summed E-state index contributed by atoms with van der Waals surface area (Å²) in [4.78, 5) is 21.0. The van der Waals surface area contributed by atoms with Crippen molar-refractivity contribution in [2.24, 2.45) is 0 Å². The van der Waals surface area contributed by atoms with Crippen LogP contribution >= 0.6 is 11.8 Å². The number of anilines is 1. The highest BCUT2D eigenvalue weighted by Crippen LogP contribution is 2.34. The summed E-state index contributed by atoms with van der Waals surface area (Å²) in [6, 6.07) is 8.91. The van der Waals surface area contributed by atoms with Crippen molar-refractivity contribution >= 4 is 23.4 Å². The number of piperazine rings is 1. The van der Waals surface area contributed by atoms with Gasteiger partial charge in [-0.1, -0.05) is 12.1 Å². The van der Waals surface area contributed by atoms with Crippen molar-refractivity contribution in [1.82, 2.24) is 15.1 Å². The zero-order valence-corrected chi connectivity index (χ0v) is 14.9. The fraction of sp³-hybridized carbons (Fsp3) is 0.611. The van der Waals surface area contributed by atoms with Gasteiger partial charge in [-0.05, 0) is 18.6 Å². The van der Waals surface area contributed by atoms with Crippen molar-refractivity contribution in [3.8, 4) is 0 Å². The lowest BCUT2D eigenvalue weighted by atomic mass is 10.2. The minimum Gasteiger partial charge on any atom is -0.314 e. The Balaban J connectivity index is 1.35. The van der Waals surface area contributed by atoms with E-state index in [1.165, 1.54) is 11.3 Å². The summed E-state index contributed by atoms with van der Waals surface area (Å²) in [6.07, 6.45) is 1.19. The molecule has 1 unspecified atom stereocenters. The van der Waals surface area contributed by atoms with E-state index in [0.29, 0.717) is 12.6 Å². The van der Waals surface area contributed by atoms with Gasteiger partial charge in [0, 0.05) is 62.5 Å². The Kier molecular flexibility index (Phi) is 5.08. The first-order valence-corrected chi connectivity index (χ1v) is 9.99. The van der Waals surface area contributed by atoms with Gasteiger partial charge in [-0.15, -0.1) is 11.8 Å². The van der Waals surface area contributed by atoms with E-state index in [0.717, 1.165) is 57.3 Å². The quantitative estimate of drug-likeness (QED) is 0.888. The number of fused-ring (bicyclic) bond motifs is 1. The second-order valence-corrected chi connectivity index (χ2v) is 7.96. The number of rotatable bonds is 3. The first-order valence-electron chi connectivity index (χ1n) is 9.00. The van der Waals surface area contributed by atoms with Crippen LogP contribution < -0.4 is 10.2 Å². The maximum atomic E-state index is 12.9. The smallest absolute Gasteiger partial charge is 0.241 e. The summed E-state index contributed by atoms with van der Waals surface area (Å²) in [5.41, 5.74) is 1.09. The molecule has 2 fully saturated rings. The Labute approximate surface area is 148 Å². The molecule has 2 saturated heterocycles. The molecule has 4 rings (SSSR count). The van der Waals surface area contributed by atoms with E-state index in [1.807, 2.05) is 22.7 Å². The van der Waals surface area contributed by atoms with Crippen molar-refractivity contribution in [3.63, 3.8) is 0 Å². The summed E-state index contributed by atoms with van der Waals surface area (Å²) >= 11 is 1.85. The van der Waals surface area contributed by atoms with Crippen molar-refractivity contribution in [2.75, 3.05) is 63.0 Å². The number of hydrogen-bond donors (Lipinski definition) is 1. The predicted octanol–water partition coefficient (Wildman–Crippen LogP) is 1.10. The Bertz CT molecular complexity index is 590. The number of carbonyl (C=O) groups excluding carboxylic acids is 1. The molecule has 0 aromatic heterocycles. The minimum absolute atomic E-state index is 0.253. The molecule has 3 heterocycles. The highest BCUT2D eigenvalue weighted by Gasteiger charge is 2.31. The van der Waals surface area contributed by atoms with Gasteiger partial charge in [-0.25, -0.2) is 0 Å². The number of carbonyl (C=O) groups is 1. The Morgan fingerprint density at radius 3 is 2.88 bits per heavy atom. The molecule has 1 amide bonds. The van der Waals surface area contributed by atoms with Gasteiger partial charge >= 0.3 is 0 Å². The maximum absolute atomic E-state index is 12.9. The largest absolute Gasteiger partial charge is 0.314 e. The second kappa shape index (κ2) is 7.44. The zero-order valence-electron chi connectivity index (χ0n) is 14.1. The molecular formula is C18H26N4OS. The molecule has 0 bridgehead atoms. The van der Waals surface area contributed by atoms with Gasteiger partial charge in [-0.2, -0.15) is 0 Å². The van der Waals surface area contributed by atoms with Crippen molar-refractivity contribution in [1.29, 1.82) is 0 Å². The number of thioether (sulfide) groups is 1. The number of hydrogen-bond acceptors (Lipinski definition) is 5. The summed E-state index contributed by atoms with van der Waals surface area (Å²) < 4.78 is 0. The van der Waals surface area contributed by atoms with Crippen LogP contribution in [0.5, 0.6) is 0 Å². The average Bonchev–Trinajstić information content (AvgIpc) is 3.10. The molecule has 6 heteroatoms. The van der Waals surface area contributed by atoms with E-state index in [9.17, 15) is 4.79 Å². The Morgan fingerprint density at radius 2 is 2.00 bits per heavy atom. The normalized spacial score (nSPS) is 25.7. The highest BCUT2D eigenvalue weighted by molar-refractivity contribution is 7.99. The predicted molar refractivity (Wildman–Crippen MR) is 98.8 cm³/mol. The second-order valence-electron chi connectivity index (χ2n) is 6.83. The van der Waals surface area contributed by atoms with Gasteiger partial charge in [0.2, 0.25) is 5.91 Å². The van der Waals surface area contributed by atoms with E-state index in [4.69, 9.17) is 0 Å². The molecule has 3 aliphatic rings. The fourth-order valence-electron chi connectivity index (χ4n) is 4.01. The van der Waals surface area contributed by atoms with Crippen LogP contribution in [-0.4, -0.2) is 79.9 Å². The van der Waals surface area contributed by atoms with E-state index >= 15 is 0 Å². The fourth-order valence-corrected chi connectivity index (χ4v) is 5.00. The molecule has 1 atom stereocenters. The van der Waals surface area contributed by atoms with Crippen LogP contribution in [0.2, 0.25) is 0 Å². The third-order valence-corrected chi connectivity index (χ3v) is 6.35. The molecule has 0 spiro atoms. The van der Waals surface area contributed by atoms with Gasteiger partial charge in [0.1, 0.15) is 0 Å². The van der Waals surface area contributed by atoms with Crippen molar-refractivity contribution in [2.45, 2.75) is 17.4 Å². The first kappa shape index (κ1) is 16.4. The molecule has 130 valence electrons. The van der Waals surface area contributed by atoms with Crippen LogP contribution in [0.1, 0.15) is 6.42 Å². The minimum atomic E-state index is 0.253. The molecule has 5 nitrogen and oxygen atoms in total. The Morgan fingerprint density at radius 1 is 1.17 bits per heavy atom. The van der Waals surface area contributed by atoms with Crippen LogP contribution in [-0.2, 0) is 4.79 Å². The lowest BCUT2D eigenvalue weighted by molar-refractivity contribution is -0.119. The van der Waals surface area contributed by atoms with E-state index < -0.39 is 0 Å². The molecular weight excluding hydrogens is 320 g/mol. The number of benzene rings is 1. The number of nitrogens with zero attached hydrogens (tertiary/aromatic N) is 3. The molecule has 1 aromatic carbocycles. The summed E-state index contributed by atoms with van der Waals surface area (Å²) in [7, 11) is 0. The summed E-state index contributed by atoms with van der Waals surface area (Å²) in [5.74, 6) is 1.25. The van der Waals surface area contributed by atoms with E-state index in [2.05, 4.69) is 33.3 Å². The lowest BCUT2D eigenvalue weighted by Crippen LogP contribution is -2.49. The number of nitrogens with one attached hydrogen (secondary N) is 1. The van der Waals surface area contributed by atoms with E-state index in [-0.39, 0.29) is 5.91 Å². The third-order valence-electron chi connectivity index (χ3n) is 5.30. The standard InChI is InChI=1S/C18H26N4OS/c23-18(22-11-12-24-17-4-2-1-3-16(17)22)14-20-8-5-15(13-20)21-9-6-19-7-10-21/h1-4,15,19H,5-14H2. The monoisotopic (exact) mass is 346 g/mol. The molecule has 0 aliphatic carbocycles. The van der Waals surface area contributed by atoms with Crippen molar-refractivity contribution < 1.29 is 4.79 Å². The average molecular weight is 346 g/mol. The van der Waals surface area contributed by atoms with Crippen molar-refractivity contribution in [3.05, 3.63) is 24.3 Å². The highest BCUT2D eigenvalue weighted by atomic mass is 32.2. The van der Waals surface area contributed by atoms with Crippen LogP contribution in [0.4, 0.5) is 5.69 Å².